The minimum atomic E-state index is -3.36. The smallest absolute Gasteiger partial charge is 0.338 e. The molecule has 1 heterocycles. The van der Waals surface area contributed by atoms with Crippen LogP contribution in [0.15, 0.2) is 36.4 Å². The van der Waals surface area contributed by atoms with E-state index < -0.39 is 22.6 Å². The van der Waals surface area contributed by atoms with Crippen LogP contribution < -0.4 is 4.31 Å². The predicted octanol–water partition coefficient (Wildman–Crippen LogP) is 3.13. The summed E-state index contributed by atoms with van der Waals surface area (Å²) in [5.74, 6) is -1.02. The van der Waals surface area contributed by atoms with E-state index in [-0.39, 0.29) is 18.0 Å². The van der Waals surface area contributed by atoms with E-state index in [1.165, 1.54) is 15.3 Å². The Morgan fingerprint density at radius 3 is 2.53 bits per heavy atom. The van der Waals surface area contributed by atoms with E-state index in [4.69, 9.17) is 27.9 Å². The van der Waals surface area contributed by atoms with Crippen molar-refractivity contribution in [3.05, 3.63) is 63.1 Å². The van der Waals surface area contributed by atoms with Gasteiger partial charge in [-0.2, -0.15) is 0 Å². The van der Waals surface area contributed by atoms with Crippen LogP contribution in [-0.2, 0) is 32.5 Å². The molecule has 10 heteroatoms. The number of hydrogen-bond acceptors (Lipinski definition) is 5. The summed E-state index contributed by atoms with van der Waals surface area (Å²) in [5.41, 5.74) is 2.37. The molecule has 0 unspecified atom stereocenters. The topological polar surface area (TPSA) is 84.0 Å². The monoisotopic (exact) mass is 470 g/mol. The van der Waals surface area contributed by atoms with Gasteiger partial charge in [0.15, 0.2) is 6.61 Å². The molecule has 7 nitrogen and oxygen atoms in total. The normalized spacial score (nSPS) is 13.1. The van der Waals surface area contributed by atoms with Gasteiger partial charge in [0.2, 0.25) is 10.0 Å². The molecule has 160 valence electrons. The molecular formula is C20H20Cl2N2O5S. The van der Waals surface area contributed by atoms with Crippen LogP contribution in [0.4, 0.5) is 5.69 Å². The van der Waals surface area contributed by atoms with Crippen molar-refractivity contribution in [1.82, 2.24) is 4.90 Å². The highest BCUT2D eigenvalue weighted by molar-refractivity contribution is 7.92. The van der Waals surface area contributed by atoms with Gasteiger partial charge in [0.1, 0.15) is 0 Å². The van der Waals surface area contributed by atoms with Gasteiger partial charge in [-0.15, -0.1) is 0 Å². The summed E-state index contributed by atoms with van der Waals surface area (Å²) in [5, 5.41) is 0.824. The number of rotatable bonds is 6. The van der Waals surface area contributed by atoms with Gasteiger partial charge in [0.25, 0.3) is 5.91 Å². The first kappa shape index (κ1) is 22.4. The summed E-state index contributed by atoms with van der Waals surface area (Å²) in [6.07, 6.45) is 1.65. The van der Waals surface area contributed by atoms with Crippen molar-refractivity contribution in [2.75, 3.05) is 30.8 Å². The van der Waals surface area contributed by atoms with Crippen LogP contribution in [0.2, 0.25) is 10.0 Å². The molecule has 0 bridgehead atoms. The van der Waals surface area contributed by atoms with Gasteiger partial charge in [-0.25, -0.2) is 13.2 Å². The number of sulfonamides is 1. The van der Waals surface area contributed by atoms with Crippen LogP contribution in [-0.4, -0.2) is 51.6 Å². The first-order valence-corrected chi connectivity index (χ1v) is 11.6. The predicted molar refractivity (Wildman–Crippen MR) is 116 cm³/mol. The maximum absolute atomic E-state index is 12.3. The van der Waals surface area contributed by atoms with Crippen LogP contribution in [0.1, 0.15) is 21.5 Å². The molecule has 0 radical (unpaired) electrons. The lowest BCUT2D eigenvalue weighted by Gasteiger charge is -2.18. The highest BCUT2D eigenvalue weighted by atomic mass is 35.5. The number of esters is 1. The van der Waals surface area contributed by atoms with E-state index >= 15 is 0 Å². The lowest BCUT2D eigenvalue weighted by Crippen LogP contribution is -2.30. The zero-order valence-corrected chi connectivity index (χ0v) is 18.7. The molecule has 1 amide bonds. The molecule has 3 rings (SSSR count). The van der Waals surface area contributed by atoms with Gasteiger partial charge < -0.3 is 9.64 Å². The van der Waals surface area contributed by atoms with Gasteiger partial charge in [-0.3, -0.25) is 9.10 Å². The molecule has 0 atom stereocenters. The van der Waals surface area contributed by atoms with Crippen molar-refractivity contribution in [2.24, 2.45) is 0 Å². The first-order valence-electron chi connectivity index (χ1n) is 9.02. The van der Waals surface area contributed by atoms with Crippen LogP contribution in [0.3, 0.4) is 0 Å². The van der Waals surface area contributed by atoms with Crippen LogP contribution in [0.5, 0.6) is 0 Å². The Balaban J connectivity index is 1.59. The Morgan fingerprint density at radius 1 is 1.13 bits per heavy atom. The van der Waals surface area contributed by atoms with E-state index in [0.717, 1.165) is 17.4 Å². The number of fused-ring (bicyclic) bond motifs is 1. The Morgan fingerprint density at radius 2 is 1.87 bits per heavy atom. The summed E-state index contributed by atoms with van der Waals surface area (Å²) < 4.78 is 30.0. The first-order chi connectivity index (χ1) is 14.1. The summed E-state index contributed by atoms with van der Waals surface area (Å²) in [7, 11) is -1.77. The van der Waals surface area contributed by atoms with E-state index in [1.807, 2.05) is 0 Å². The van der Waals surface area contributed by atoms with E-state index in [1.54, 1.807) is 37.4 Å². The Hall–Kier alpha value is -2.29. The fourth-order valence-electron chi connectivity index (χ4n) is 3.16. The molecule has 1 aliphatic rings. The summed E-state index contributed by atoms with van der Waals surface area (Å²) in [4.78, 5) is 26.0. The van der Waals surface area contributed by atoms with Crippen molar-refractivity contribution in [2.45, 2.75) is 13.0 Å². The molecule has 0 aliphatic carbocycles. The quantitative estimate of drug-likeness (QED) is 0.605. The number of carbonyl (C=O) groups is 2. The lowest BCUT2D eigenvalue weighted by molar-refractivity contribution is -0.133. The largest absolute Gasteiger partial charge is 0.452 e. The van der Waals surface area contributed by atoms with Gasteiger partial charge in [-0.1, -0.05) is 29.3 Å². The number of nitrogens with zero attached hydrogens (tertiary/aromatic N) is 2. The molecule has 0 spiro atoms. The van der Waals surface area contributed by atoms with E-state index in [2.05, 4.69) is 0 Å². The Labute approximate surface area is 185 Å². The van der Waals surface area contributed by atoms with Gasteiger partial charge in [0, 0.05) is 20.1 Å². The Kier molecular flexibility index (Phi) is 6.59. The maximum Gasteiger partial charge on any atom is 0.338 e. The number of anilines is 1. The van der Waals surface area contributed by atoms with Crippen molar-refractivity contribution >= 4 is 50.8 Å². The van der Waals surface area contributed by atoms with Gasteiger partial charge in [0.05, 0.1) is 27.6 Å². The second-order valence-electron chi connectivity index (χ2n) is 7.00. The third-order valence-electron chi connectivity index (χ3n) is 4.72. The van der Waals surface area contributed by atoms with Crippen molar-refractivity contribution in [3.8, 4) is 0 Å². The minimum Gasteiger partial charge on any atom is -0.452 e. The SMILES string of the molecule is CN(Cc1ccc(Cl)c(Cl)c1)C(=O)COC(=O)c1ccc2c(c1)CCN2S(C)(=O)=O. The fraction of sp³-hybridized carbons (Fsp3) is 0.300. The second-order valence-corrected chi connectivity index (χ2v) is 9.72. The zero-order chi connectivity index (χ0) is 22.1. The Bertz CT molecular complexity index is 1100. The molecular weight excluding hydrogens is 451 g/mol. The van der Waals surface area contributed by atoms with Crippen LogP contribution in [0.25, 0.3) is 0 Å². The van der Waals surface area contributed by atoms with Gasteiger partial charge in [-0.05, 0) is 47.9 Å². The maximum atomic E-state index is 12.3. The second kappa shape index (κ2) is 8.83. The summed E-state index contributed by atoms with van der Waals surface area (Å²) in [6, 6.07) is 9.76. The summed E-state index contributed by atoms with van der Waals surface area (Å²) >= 11 is 11.9. The average molecular weight is 471 g/mol. The van der Waals surface area contributed by atoms with E-state index in [0.29, 0.717) is 28.7 Å². The molecule has 0 N–H and O–H groups in total. The number of carbonyl (C=O) groups excluding carboxylic acids is 2. The third-order valence-corrected chi connectivity index (χ3v) is 6.64. The third kappa shape index (κ3) is 5.06. The minimum absolute atomic E-state index is 0.268. The molecule has 2 aromatic carbocycles. The molecule has 0 fully saturated rings. The van der Waals surface area contributed by atoms with Crippen LogP contribution >= 0.6 is 23.2 Å². The van der Waals surface area contributed by atoms with Gasteiger partial charge >= 0.3 is 5.97 Å². The average Bonchev–Trinajstić information content (AvgIpc) is 3.12. The van der Waals surface area contributed by atoms with Crippen molar-refractivity contribution in [1.29, 1.82) is 0 Å². The number of likely N-dealkylation sites (N-methyl/N-ethyl adjacent to an activating group) is 1. The highest BCUT2D eigenvalue weighted by Gasteiger charge is 2.27. The molecule has 0 aromatic heterocycles. The molecule has 30 heavy (non-hydrogen) atoms. The molecule has 0 saturated carbocycles. The molecule has 0 saturated heterocycles. The lowest BCUT2D eigenvalue weighted by atomic mass is 10.1. The standard InChI is InChI=1S/C20H20Cl2N2O5S/c1-23(11-13-3-5-16(21)17(22)9-13)19(25)12-29-20(26)15-4-6-18-14(10-15)7-8-24(18)30(2,27)28/h3-6,9-10H,7-8,11-12H2,1-2H3. The van der Waals surface area contributed by atoms with Crippen molar-refractivity contribution < 1.29 is 22.7 Å². The highest BCUT2D eigenvalue weighted by Crippen LogP contribution is 2.31. The number of benzene rings is 2. The molecule has 2 aromatic rings. The number of ether oxygens (including phenoxy) is 1. The van der Waals surface area contributed by atoms with E-state index in [9.17, 15) is 18.0 Å². The molecule has 1 aliphatic heterocycles. The number of halogens is 2. The number of amides is 1. The van der Waals surface area contributed by atoms with Crippen LogP contribution in [0, 0.1) is 0 Å². The zero-order valence-electron chi connectivity index (χ0n) is 16.4. The summed E-state index contributed by atoms with van der Waals surface area (Å²) in [6.45, 7) is 0.210. The fourth-order valence-corrected chi connectivity index (χ4v) is 4.44. The number of hydrogen-bond donors (Lipinski definition) is 0. The van der Waals surface area contributed by atoms with Crippen molar-refractivity contribution in [3.63, 3.8) is 0 Å².